The number of phenolic OH excluding ortho intramolecular Hbond substituents is 1. The molecule has 98 valence electrons. The van der Waals surface area contributed by atoms with Gasteiger partial charge in [0.2, 0.25) is 0 Å². The summed E-state index contributed by atoms with van der Waals surface area (Å²) in [5.74, 6) is -1.45. The van der Waals surface area contributed by atoms with E-state index >= 15 is 0 Å². The molecule has 2 aromatic carbocycles. The van der Waals surface area contributed by atoms with Gasteiger partial charge in [0.15, 0.2) is 0 Å². The van der Waals surface area contributed by atoms with E-state index in [1.807, 2.05) is 6.07 Å². The van der Waals surface area contributed by atoms with Crippen molar-refractivity contribution in [3.63, 3.8) is 0 Å². The standard InChI is InChI=1S/C14H11ClFNO2/c15-10-3-1-2-9(6-10)8-17-14(19)12-5-4-11(16)7-13(12)18/h1-7,18H,8H2,(H,17,19). The van der Waals surface area contributed by atoms with Crippen LogP contribution in [0.15, 0.2) is 42.5 Å². The fraction of sp³-hybridized carbons (Fsp3) is 0.0714. The molecule has 3 nitrogen and oxygen atoms in total. The van der Waals surface area contributed by atoms with Crippen LogP contribution in [0.4, 0.5) is 4.39 Å². The third-order valence-corrected chi connectivity index (χ3v) is 2.78. The Labute approximate surface area is 114 Å². The molecular formula is C14H11ClFNO2. The zero-order chi connectivity index (χ0) is 13.8. The van der Waals surface area contributed by atoms with Crippen LogP contribution in [0.3, 0.4) is 0 Å². The van der Waals surface area contributed by atoms with Crippen molar-refractivity contribution in [3.8, 4) is 5.75 Å². The summed E-state index contributed by atoms with van der Waals surface area (Å²) in [7, 11) is 0. The van der Waals surface area contributed by atoms with Crippen molar-refractivity contribution >= 4 is 17.5 Å². The molecule has 0 fully saturated rings. The van der Waals surface area contributed by atoms with Gasteiger partial charge in [-0.25, -0.2) is 4.39 Å². The first-order valence-corrected chi connectivity index (χ1v) is 5.95. The molecule has 2 rings (SSSR count). The van der Waals surface area contributed by atoms with E-state index in [1.165, 1.54) is 6.07 Å². The lowest BCUT2D eigenvalue weighted by Gasteiger charge is -2.07. The van der Waals surface area contributed by atoms with Gasteiger partial charge in [0.1, 0.15) is 11.6 Å². The summed E-state index contributed by atoms with van der Waals surface area (Å²) >= 11 is 5.83. The van der Waals surface area contributed by atoms with E-state index in [2.05, 4.69) is 5.32 Å². The lowest BCUT2D eigenvalue weighted by Crippen LogP contribution is -2.22. The molecule has 0 atom stereocenters. The van der Waals surface area contributed by atoms with Crippen LogP contribution < -0.4 is 5.32 Å². The second-order valence-corrected chi connectivity index (χ2v) is 4.41. The van der Waals surface area contributed by atoms with Gasteiger partial charge in [-0.1, -0.05) is 23.7 Å². The number of halogens is 2. The maximum atomic E-state index is 12.8. The number of aromatic hydroxyl groups is 1. The average Bonchev–Trinajstić information content (AvgIpc) is 2.36. The first-order valence-electron chi connectivity index (χ1n) is 5.57. The number of nitrogens with one attached hydrogen (secondary N) is 1. The Morgan fingerprint density at radius 1 is 1.26 bits per heavy atom. The molecule has 0 aliphatic heterocycles. The number of benzene rings is 2. The van der Waals surface area contributed by atoms with E-state index in [9.17, 15) is 14.3 Å². The minimum absolute atomic E-state index is 0.0310. The van der Waals surface area contributed by atoms with Gasteiger partial charge < -0.3 is 10.4 Å². The summed E-state index contributed by atoms with van der Waals surface area (Å²) in [4.78, 5) is 11.8. The molecule has 0 saturated heterocycles. The van der Waals surface area contributed by atoms with E-state index in [-0.39, 0.29) is 17.9 Å². The fourth-order valence-electron chi connectivity index (χ4n) is 1.62. The fourth-order valence-corrected chi connectivity index (χ4v) is 1.83. The second kappa shape index (κ2) is 5.71. The Morgan fingerprint density at radius 2 is 2.05 bits per heavy atom. The minimum Gasteiger partial charge on any atom is -0.507 e. The van der Waals surface area contributed by atoms with E-state index < -0.39 is 11.7 Å². The smallest absolute Gasteiger partial charge is 0.255 e. The third-order valence-electron chi connectivity index (χ3n) is 2.55. The van der Waals surface area contributed by atoms with Crippen molar-refractivity contribution < 1.29 is 14.3 Å². The average molecular weight is 280 g/mol. The number of carbonyl (C=O) groups excluding carboxylic acids is 1. The Balaban J connectivity index is 2.05. The van der Waals surface area contributed by atoms with E-state index in [4.69, 9.17) is 11.6 Å². The maximum Gasteiger partial charge on any atom is 0.255 e. The molecule has 0 aliphatic rings. The third kappa shape index (κ3) is 3.45. The largest absolute Gasteiger partial charge is 0.507 e. The molecule has 0 bridgehead atoms. The van der Waals surface area contributed by atoms with Crippen LogP contribution in [0.1, 0.15) is 15.9 Å². The number of hydrogen-bond acceptors (Lipinski definition) is 2. The first kappa shape index (κ1) is 13.4. The lowest BCUT2D eigenvalue weighted by molar-refractivity contribution is 0.0948. The molecular weight excluding hydrogens is 269 g/mol. The molecule has 2 aromatic rings. The number of phenols is 1. The predicted octanol–water partition coefficient (Wildman–Crippen LogP) is 3.11. The van der Waals surface area contributed by atoms with Crippen molar-refractivity contribution in [1.82, 2.24) is 5.32 Å². The highest BCUT2D eigenvalue weighted by Gasteiger charge is 2.11. The van der Waals surface area contributed by atoms with Crippen LogP contribution in [0.2, 0.25) is 5.02 Å². The number of carbonyl (C=O) groups is 1. The molecule has 0 radical (unpaired) electrons. The quantitative estimate of drug-likeness (QED) is 0.907. The van der Waals surface area contributed by atoms with Crippen LogP contribution in [0, 0.1) is 5.82 Å². The summed E-state index contributed by atoms with van der Waals surface area (Å²) in [5, 5.41) is 12.7. The van der Waals surface area contributed by atoms with Gasteiger partial charge in [-0.15, -0.1) is 0 Å². The molecule has 2 N–H and O–H groups in total. The second-order valence-electron chi connectivity index (χ2n) is 3.97. The van der Waals surface area contributed by atoms with Gasteiger partial charge in [-0.2, -0.15) is 0 Å². The van der Waals surface area contributed by atoms with Gasteiger partial charge in [-0.3, -0.25) is 4.79 Å². The normalized spacial score (nSPS) is 10.2. The SMILES string of the molecule is O=C(NCc1cccc(Cl)c1)c1ccc(F)cc1O. The van der Waals surface area contributed by atoms with Crippen molar-refractivity contribution in [1.29, 1.82) is 0 Å². The molecule has 0 aromatic heterocycles. The van der Waals surface area contributed by atoms with Crippen LogP contribution in [-0.4, -0.2) is 11.0 Å². The summed E-state index contributed by atoms with van der Waals surface area (Å²) in [6.07, 6.45) is 0. The topological polar surface area (TPSA) is 49.3 Å². The van der Waals surface area contributed by atoms with Gasteiger partial charge in [0.05, 0.1) is 5.56 Å². The molecule has 0 saturated carbocycles. The highest BCUT2D eigenvalue weighted by Crippen LogP contribution is 2.18. The lowest BCUT2D eigenvalue weighted by atomic mass is 10.1. The summed E-state index contributed by atoms with van der Waals surface area (Å²) in [5.41, 5.74) is 0.867. The van der Waals surface area contributed by atoms with Crippen molar-refractivity contribution in [2.45, 2.75) is 6.54 Å². The first-order chi connectivity index (χ1) is 9.06. The van der Waals surface area contributed by atoms with E-state index in [0.29, 0.717) is 5.02 Å². The molecule has 0 unspecified atom stereocenters. The highest BCUT2D eigenvalue weighted by atomic mass is 35.5. The number of rotatable bonds is 3. The van der Waals surface area contributed by atoms with Gasteiger partial charge >= 0.3 is 0 Å². The molecule has 1 amide bonds. The Kier molecular flexibility index (Phi) is 4.02. The Bertz CT molecular complexity index is 616. The highest BCUT2D eigenvalue weighted by molar-refractivity contribution is 6.30. The van der Waals surface area contributed by atoms with Gasteiger partial charge in [0.25, 0.3) is 5.91 Å². The van der Waals surface area contributed by atoms with E-state index in [1.54, 1.807) is 18.2 Å². The van der Waals surface area contributed by atoms with Crippen molar-refractivity contribution in [3.05, 3.63) is 64.4 Å². The molecule has 0 heterocycles. The molecule has 19 heavy (non-hydrogen) atoms. The van der Waals surface area contributed by atoms with Crippen LogP contribution in [0.5, 0.6) is 5.75 Å². The number of hydrogen-bond donors (Lipinski definition) is 2. The zero-order valence-electron chi connectivity index (χ0n) is 9.86. The zero-order valence-corrected chi connectivity index (χ0v) is 10.6. The van der Waals surface area contributed by atoms with Crippen molar-refractivity contribution in [2.75, 3.05) is 0 Å². The van der Waals surface area contributed by atoms with Crippen LogP contribution in [0.25, 0.3) is 0 Å². The molecule has 0 spiro atoms. The van der Waals surface area contributed by atoms with Gasteiger partial charge in [-0.05, 0) is 29.8 Å². The molecule has 0 aliphatic carbocycles. The summed E-state index contributed by atoms with van der Waals surface area (Å²) in [6.45, 7) is 0.274. The van der Waals surface area contributed by atoms with Crippen molar-refractivity contribution in [2.24, 2.45) is 0 Å². The monoisotopic (exact) mass is 279 g/mol. The van der Waals surface area contributed by atoms with E-state index in [0.717, 1.165) is 17.7 Å². The minimum atomic E-state index is -0.594. The number of amides is 1. The van der Waals surface area contributed by atoms with Gasteiger partial charge in [0, 0.05) is 17.6 Å². The molecule has 5 heteroatoms. The predicted molar refractivity (Wildman–Crippen MR) is 70.7 cm³/mol. The van der Waals surface area contributed by atoms with Crippen LogP contribution in [-0.2, 0) is 6.54 Å². The Hall–Kier alpha value is -2.07. The van der Waals surface area contributed by atoms with Crippen LogP contribution >= 0.6 is 11.6 Å². The Morgan fingerprint density at radius 3 is 2.74 bits per heavy atom. The maximum absolute atomic E-state index is 12.8. The summed E-state index contributed by atoms with van der Waals surface area (Å²) in [6, 6.07) is 10.3. The summed E-state index contributed by atoms with van der Waals surface area (Å²) < 4.78 is 12.8.